The fourth-order valence-electron chi connectivity index (χ4n) is 1.94. The van der Waals surface area contributed by atoms with Crippen LogP contribution in [0.5, 0.6) is 0 Å². The van der Waals surface area contributed by atoms with E-state index in [0.717, 1.165) is 30.3 Å². The van der Waals surface area contributed by atoms with Crippen molar-refractivity contribution in [3.63, 3.8) is 0 Å². The summed E-state index contributed by atoms with van der Waals surface area (Å²) in [6.07, 6.45) is 3.05. The van der Waals surface area contributed by atoms with E-state index < -0.39 is 0 Å². The molecule has 1 aliphatic rings. The average Bonchev–Trinajstić information content (AvgIpc) is 3.13. The van der Waals surface area contributed by atoms with Gasteiger partial charge in [0.05, 0.1) is 6.42 Å². The molecule has 1 fully saturated rings. The molecule has 3 nitrogen and oxygen atoms in total. The maximum Gasteiger partial charge on any atom is 0.226 e. The second kappa shape index (κ2) is 5.21. The van der Waals surface area contributed by atoms with E-state index in [1.54, 1.807) is 0 Å². The Labute approximate surface area is 103 Å². The second-order valence-electron chi connectivity index (χ2n) is 4.79. The van der Waals surface area contributed by atoms with Gasteiger partial charge < -0.3 is 10.6 Å². The zero-order valence-electron chi connectivity index (χ0n) is 10.4. The van der Waals surface area contributed by atoms with E-state index in [1.165, 1.54) is 12.8 Å². The maximum absolute atomic E-state index is 12.1. The molecule has 0 aliphatic heterocycles. The minimum atomic E-state index is 0.226. The summed E-state index contributed by atoms with van der Waals surface area (Å²) >= 11 is 0. The van der Waals surface area contributed by atoms with Gasteiger partial charge in [-0.2, -0.15) is 0 Å². The van der Waals surface area contributed by atoms with Gasteiger partial charge in [0.25, 0.3) is 0 Å². The number of likely N-dealkylation sites (N-methyl/N-ethyl adjacent to an activating group) is 1. The third kappa shape index (κ3) is 3.48. The van der Waals surface area contributed by atoms with E-state index in [9.17, 15) is 4.79 Å². The Kier molecular flexibility index (Phi) is 3.67. The third-order valence-electron chi connectivity index (χ3n) is 3.25. The number of anilines is 1. The molecule has 1 aliphatic carbocycles. The molecule has 2 N–H and O–H groups in total. The Morgan fingerprint density at radius 3 is 2.53 bits per heavy atom. The smallest absolute Gasteiger partial charge is 0.226 e. The van der Waals surface area contributed by atoms with Crippen LogP contribution in [0.25, 0.3) is 0 Å². The fourth-order valence-corrected chi connectivity index (χ4v) is 1.94. The Bertz CT molecular complexity index is 382. The maximum atomic E-state index is 12.1. The molecule has 0 bridgehead atoms. The number of hydrogen-bond donors (Lipinski definition) is 1. The van der Waals surface area contributed by atoms with Gasteiger partial charge in [-0.15, -0.1) is 0 Å². The van der Waals surface area contributed by atoms with Crippen molar-refractivity contribution in [1.82, 2.24) is 4.90 Å². The van der Waals surface area contributed by atoms with Crippen molar-refractivity contribution in [1.29, 1.82) is 0 Å². The standard InChI is InChI=1S/C14H20N2O/c1-2-16(10-12-3-4-12)14(17)9-11-5-7-13(15)8-6-11/h5-8,12H,2-4,9-10,15H2,1H3. The Morgan fingerprint density at radius 1 is 1.35 bits per heavy atom. The zero-order valence-corrected chi connectivity index (χ0v) is 10.4. The van der Waals surface area contributed by atoms with Gasteiger partial charge in [-0.3, -0.25) is 4.79 Å². The quantitative estimate of drug-likeness (QED) is 0.790. The first-order chi connectivity index (χ1) is 8.19. The van der Waals surface area contributed by atoms with Crippen molar-refractivity contribution in [3.05, 3.63) is 29.8 Å². The first kappa shape index (κ1) is 12.0. The van der Waals surface area contributed by atoms with Gasteiger partial charge in [0.2, 0.25) is 5.91 Å². The average molecular weight is 232 g/mol. The molecule has 17 heavy (non-hydrogen) atoms. The van der Waals surface area contributed by atoms with Crippen LogP contribution in [0, 0.1) is 5.92 Å². The van der Waals surface area contributed by atoms with Crippen LogP contribution in [0.4, 0.5) is 5.69 Å². The lowest BCUT2D eigenvalue weighted by Crippen LogP contribution is -2.33. The number of carbonyl (C=O) groups is 1. The molecule has 3 heteroatoms. The third-order valence-corrected chi connectivity index (χ3v) is 3.25. The van der Waals surface area contributed by atoms with E-state index in [-0.39, 0.29) is 5.91 Å². The summed E-state index contributed by atoms with van der Waals surface area (Å²) in [5.74, 6) is 0.981. The molecule has 0 unspecified atom stereocenters. The summed E-state index contributed by atoms with van der Waals surface area (Å²) in [6, 6.07) is 7.55. The molecule has 1 aromatic rings. The predicted molar refractivity (Wildman–Crippen MR) is 69.5 cm³/mol. The van der Waals surface area contributed by atoms with Crippen LogP contribution in [0.3, 0.4) is 0 Å². The topological polar surface area (TPSA) is 46.3 Å². The Balaban J connectivity index is 1.91. The van der Waals surface area contributed by atoms with Gasteiger partial charge in [-0.05, 0) is 43.4 Å². The molecule has 0 atom stereocenters. The number of amides is 1. The van der Waals surface area contributed by atoms with Crippen molar-refractivity contribution in [2.75, 3.05) is 18.8 Å². The first-order valence-corrected chi connectivity index (χ1v) is 6.31. The highest BCUT2D eigenvalue weighted by Crippen LogP contribution is 2.29. The number of nitrogen functional groups attached to an aromatic ring is 1. The summed E-state index contributed by atoms with van der Waals surface area (Å²) in [5, 5.41) is 0. The highest BCUT2D eigenvalue weighted by atomic mass is 16.2. The van der Waals surface area contributed by atoms with Crippen LogP contribution in [0.2, 0.25) is 0 Å². The molecule has 0 aromatic heterocycles. The molecule has 0 heterocycles. The number of hydrogen-bond acceptors (Lipinski definition) is 2. The lowest BCUT2D eigenvalue weighted by molar-refractivity contribution is -0.130. The number of benzene rings is 1. The molecule has 1 aromatic carbocycles. The Morgan fingerprint density at radius 2 is 2.00 bits per heavy atom. The summed E-state index contributed by atoms with van der Waals surface area (Å²) in [6.45, 7) is 3.79. The number of nitrogens with two attached hydrogens (primary N) is 1. The summed E-state index contributed by atoms with van der Waals surface area (Å²) in [4.78, 5) is 14.1. The summed E-state index contributed by atoms with van der Waals surface area (Å²) in [7, 11) is 0. The van der Waals surface area contributed by atoms with Crippen molar-refractivity contribution >= 4 is 11.6 Å². The van der Waals surface area contributed by atoms with Crippen LogP contribution in [0.1, 0.15) is 25.3 Å². The fraction of sp³-hybridized carbons (Fsp3) is 0.500. The minimum absolute atomic E-state index is 0.226. The van der Waals surface area contributed by atoms with Crippen LogP contribution >= 0.6 is 0 Å². The zero-order chi connectivity index (χ0) is 12.3. The molecule has 92 valence electrons. The van der Waals surface area contributed by atoms with Crippen molar-refractivity contribution in [2.45, 2.75) is 26.2 Å². The number of carbonyl (C=O) groups excluding carboxylic acids is 1. The molecule has 1 amide bonds. The minimum Gasteiger partial charge on any atom is -0.399 e. The van der Waals surface area contributed by atoms with E-state index in [1.807, 2.05) is 36.1 Å². The highest BCUT2D eigenvalue weighted by Gasteiger charge is 2.25. The molecule has 2 rings (SSSR count). The van der Waals surface area contributed by atoms with Gasteiger partial charge in [0.15, 0.2) is 0 Å². The second-order valence-corrected chi connectivity index (χ2v) is 4.79. The van der Waals surface area contributed by atoms with E-state index in [4.69, 9.17) is 5.73 Å². The van der Waals surface area contributed by atoms with E-state index in [0.29, 0.717) is 6.42 Å². The summed E-state index contributed by atoms with van der Waals surface area (Å²) in [5.41, 5.74) is 7.40. The molecular weight excluding hydrogens is 212 g/mol. The van der Waals surface area contributed by atoms with Gasteiger partial charge in [-0.25, -0.2) is 0 Å². The van der Waals surface area contributed by atoms with Crippen molar-refractivity contribution < 1.29 is 4.79 Å². The number of rotatable bonds is 5. The van der Waals surface area contributed by atoms with Gasteiger partial charge >= 0.3 is 0 Å². The van der Waals surface area contributed by atoms with E-state index in [2.05, 4.69) is 0 Å². The molecule has 0 saturated heterocycles. The van der Waals surface area contributed by atoms with Crippen LogP contribution in [0.15, 0.2) is 24.3 Å². The lowest BCUT2D eigenvalue weighted by atomic mass is 10.1. The van der Waals surface area contributed by atoms with Crippen LogP contribution in [-0.2, 0) is 11.2 Å². The summed E-state index contributed by atoms with van der Waals surface area (Å²) < 4.78 is 0. The molecule has 0 radical (unpaired) electrons. The molecule has 1 saturated carbocycles. The normalized spacial score (nSPS) is 14.6. The SMILES string of the molecule is CCN(CC1CC1)C(=O)Cc1ccc(N)cc1. The first-order valence-electron chi connectivity index (χ1n) is 6.31. The Hall–Kier alpha value is -1.51. The van der Waals surface area contributed by atoms with Crippen LogP contribution in [-0.4, -0.2) is 23.9 Å². The molecule has 0 spiro atoms. The van der Waals surface area contributed by atoms with E-state index >= 15 is 0 Å². The predicted octanol–water partition coefficient (Wildman–Crippen LogP) is 2.07. The van der Waals surface area contributed by atoms with Gasteiger partial charge in [0, 0.05) is 18.8 Å². The largest absolute Gasteiger partial charge is 0.399 e. The molecular formula is C14H20N2O. The van der Waals surface area contributed by atoms with Crippen LogP contribution < -0.4 is 5.73 Å². The van der Waals surface area contributed by atoms with Gasteiger partial charge in [0.1, 0.15) is 0 Å². The van der Waals surface area contributed by atoms with Gasteiger partial charge in [-0.1, -0.05) is 12.1 Å². The number of nitrogens with zero attached hydrogens (tertiary/aromatic N) is 1. The lowest BCUT2D eigenvalue weighted by Gasteiger charge is -2.20. The van der Waals surface area contributed by atoms with Crippen molar-refractivity contribution in [3.8, 4) is 0 Å². The van der Waals surface area contributed by atoms with Crippen molar-refractivity contribution in [2.24, 2.45) is 5.92 Å². The monoisotopic (exact) mass is 232 g/mol. The highest BCUT2D eigenvalue weighted by molar-refractivity contribution is 5.78.